The van der Waals surface area contributed by atoms with E-state index in [-0.39, 0.29) is 43.2 Å². The number of likely N-dealkylation sites (N-methyl/N-ethyl adjacent to an activating group) is 1. The maximum absolute atomic E-state index is 13.9. The Kier molecular flexibility index (Phi) is 7.74. The number of carbonyl (C=O) groups excluding carboxylic acids is 2. The summed E-state index contributed by atoms with van der Waals surface area (Å²) in [5, 5.41) is 6.07. The third-order valence-corrected chi connectivity index (χ3v) is 8.55. The van der Waals surface area contributed by atoms with Crippen LogP contribution >= 0.6 is 0 Å². The minimum Gasteiger partial charge on any atom is -0.355 e. The summed E-state index contributed by atoms with van der Waals surface area (Å²) < 4.78 is 41.8. The molecular formula is C26H37F3N4O2. The Hall–Kier alpha value is -2.16. The van der Waals surface area contributed by atoms with Gasteiger partial charge in [0.15, 0.2) is 0 Å². The lowest BCUT2D eigenvalue weighted by atomic mass is 9.72. The van der Waals surface area contributed by atoms with Crippen LogP contribution in [0.2, 0.25) is 0 Å². The van der Waals surface area contributed by atoms with E-state index >= 15 is 0 Å². The van der Waals surface area contributed by atoms with Crippen LogP contribution in [0.3, 0.4) is 0 Å². The van der Waals surface area contributed by atoms with Gasteiger partial charge in [-0.2, -0.15) is 13.2 Å². The highest BCUT2D eigenvalue weighted by atomic mass is 19.4. The van der Waals surface area contributed by atoms with E-state index in [2.05, 4.69) is 20.5 Å². The van der Waals surface area contributed by atoms with Crippen LogP contribution in [0, 0.1) is 17.3 Å². The quantitative estimate of drug-likeness (QED) is 0.544. The van der Waals surface area contributed by atoms with Gasteiger partial charge in [-0.1, -0.05) is 6.07 Å². The van der Waals surface area contributed by atoms with Gasteiger partial charge in [-0.25, -0.2) is 0 Å². The Labute approximate surface area is 205 Å². The van der Waals surface area contributed by atoms with Crippen LogP contribution in [-0.4, -0.2) is 60.6 Å². The van der Waals surface area contributed by atoms with Crippen molar-refractivity contribution in [2.75, 3.05) is 20.6 Å². The molecule has 0 bridgehead atoms. The number of pyridine rings is 1. The lowest BCUT2D eigenvalue weighted by molar-refractivity contribution is -0.194. The normalized spacial score (nSPS) is 27.5. The van der Waals surface area contributed by atoms with Gasteiger partial charge in [-0.05, 0) is 82.5 Å². The van der Waals surface area contributed by atoms with Gasteiger partial charge >= 0.3 is 6.18 Å². The molecule has 2 amide bonds. The smallest absolute Gasteiger partial charge is 0.355 e. The molecule has 9 heteroatoms. The highest BCUT2D eigenvalue weighted by Gasteiger charge is 2.67. The van der Waals surface area contributed by atoms with Crippen LogP contribution in [0.4, 0.5) is 13.2 Å². The number of nitrogens with zero attached hydrogens (tertiary/aromatic N) is 2. The number of amides is 2. The summed E-state index contributed by atoms with van der Waals surface area (Å²) in [5.41, 5.74) is -1.36. The first kappa shape index (κ1) is 25.9. The van der Waals surface area contributed by atoms with Gasteiger partial charge in [-0.3, -0.25) is 14.6 Å². The summed E-state index contributed by atoms with van der Waals surface area (Å²) in [7, 11) is 3.95. The molecule has 3 unspecified atom stereocenters. The molecule has 194 valence electrons. The third-order valence-electron chi connectivity index (χ3n) is 8.55. The fourth-order valence-electron chi connectivity index (χ4n) is 6.21. The highest BCUT2D eigenvalue weighted by Crippen LogP contribution is 2.66. The van der Waals surface area contributed by atoms with E-state index in [4.69, 9.17) is 0 Å². The van der Waals surface area contributed by atoms with Crippen molar-refractivity contribution in [3.8, 4) is 0 Å². The first-order valence-electron chi connectivity index (χ1n) is 12.8. The van der Waals surface area contributed by atoms with Gasteiger partial charge in [-0.15, -0.1) is 0 Å². The molecule has 2 N–H and O–H groups in total. The first-order valence-corrected chi connectivity index (χ1v) is 12.8. The fourth-order valence-corrected chi connectivity index (χ4v) is 6.21. The molecule has 35 heavy (non-hydrogen) atoms. The number of alkyl halides is 3. The zero-order valence-corrected chi connectivity index (χ0v) is 20.6. The highest BCUT2D eigenvalue weighted by molar-refractivity contribution is 5.77. The molecule has 2 aliphatic carbocycles. The average Bonchev–Trinajstić information content (AvgIpc) is 3.63. The molecule has 5 atom stereocenters. The van der Waals surface area contributed by atoms with E-state index in [1.54, 1.807) is 12.1 Å². The number of fused-ring (bicyclic) bond motifs is 1. The predicted octanol–water partition coefficient (Wildman–Crippen LogP) is 4.03. The molecule has 1 aromatic rings. The van der Waals surface area contributed by atoms with Crippen molar-refractivity contribution in [1.82, 2.24) is 20.5 Å². The monoisotopic (exact) mass is 494 g/mol. The van der Waals surface area contributed by atoms with Gasteiger partial charge < -0.3 is 15.5 Å². The summed E-state index contributed by atoms with van der Waals surface area (Å²) in [6, 6.07) is 3.66. The third kappa shape index (κ3) is 5.98. The number of hydrogen-bond acceptors (Lipinski definition) is 4. The number of rotatable bonds is 9. The number of piperidine rings is 1. The van der Waals surface area contributed by atoms with E-state index in [9.17, 15) is 22.8 Å². The van der Waals surface area contributed by atoms with Gasteiger partial charge in [0.25, 0.3) is 0 Å². The van der Waals surface area contributed by atoms with Crippen LogP contribution in [0.1, 0.15) is 69.3 Å². The summed E-state index contributed by atoms with van der Waals surface area (Å²) >= 11 is 0. The molecule has 1 aliphatic heterocycles. The standard InChI is InChI=1S/C26H37F3N4O2/c1-33(2)20(13-17-5-7-22-18(12-17)6-8-23(34)32-22)16-31-24(35)14-21(19-4-3-11-30-15-19)25(9-10-25)26(27,28)29/h3-4,11,15,17-18,20-22H,5-10,12-14,16H2,1-2H3,(H,31,35)(H,32,34)/t17?,18?,20-,21+,22?/m0/s1. The topological polar surface area (TPSA) is 74.3 Å². The minimum atomic E-state index is -4.35. The summed E-state index contributed by atoms with van der Waals surface area (Å²) in [6.07, 6.45) is 4.09. The molecular weight excluding hydrogens is 457 g/mol. The maximum atomic E-state index is 13.9. The number of nitrogens with one attached hydrogen (secondary N) is 2. The van der Waals surface area contributed by atoms with Crippen LogP contribution < -0.4 is 10.6 Å². The van der Waals surface area contributed by atoms with Gasteiger partial charge in [0.1, 0.15) is 0 Å². The largest absolute Gasteiger partial charge is 0.395 e. The van der Waals surface area contributed by atoms with Gasteiger partial charge in [0, 0.05) is 49.8 Å². The predicted molar refractivity (Wildman–Crippen MR) is 126 cm³/mol. The Morgan fingerprint density at radius 2 is 2.06 bits per heavy atom. The molecule has 3 fully saturated rings. The van der Waals surface area contributed by atoms with Crippen molar-refractivity contribution >= 4 is 11.8 Å². The van der Waals surface area contributed by atoms with E-state index in [0.717, 1.165) is 32.1 Å². The van der Waals surface area contributed by atoms with Gasteiger partial charge in [0.05, 0.1) is 5.41 Å². The molecule has 3 aliphatic rings. The lowest BCUT2D eigenvalue weighted by Gasteiger charge is -2.41. The van der Waals surface area contributed by atoms with E-state index in [1.807, 2.05) is 14.1 Å². The zero-order valence-electron chi connectivity index (χ0n) is 20.6. The minimum absolute atomic E-state index is 0.0496. The summed E-state index contributed by atoms with van der Waals surface area (Å²) in [5.74, 6) is -0.0905. The molecule has 0 aromatic carbocycles. The maximum Gasteiger partial charge on any atom is 0.395 e. The Bertz CT molecular complexity index is 888. The van der Waals surface area contributed by atoms with Crippen molar-refractivity contribution in [2.24, 2.45) is 17.3 Å². The SMILES string of the molecule is CN(C)[C@H](CNC(=O)C[C@H](c1cccnc1)C1(C(F)(F)F)CC1)CC1CCC2NC(=O)CCC2C1. The van der Waals surface area contributed by atoms with Crippen LogP contribution in [0.25, 0.3) is 0 Å². The number of aromatic nitrogens is 1. The molecule has 0 radical (unpaired) electrons. The van der Waals surface area contributed by atoms with Crippen molar-refractivity contribution in [3.63, 3.8) is 0 Å². The average molecular weight is 495 g/mol. The number of carbonyl (C=O) groups is 2. The van der Waals surface area contributed by atoms with Crippen LogP contribution in [0.15, 0.2) is 24.5 Å². The van der Waals surface area contributed by atoms with Crippen molar-refractivity contribution in [3.05, 3.63) is 30.1 Å². The van der Waals surface area contributed by atoms with Crippen LogP contribution in [-0.2, 0) is 9.59 Å². The van der Waals surface area contributed by atoms with Crippen molar-refractivity contribution < 1.29 is 22.8 Å². The summed E-state index contributed by atoms with van der Waals surface area (Å²) in [4.78, 5) is 30.7. The molecule has 1 saturated heterocycles. The van der Waals surface area contributed by atoms with Gasteiger partial charge in [0.2, 0.25) is 11.8 Å². The molecule has 2 saturated carbocycles. The Balaban J connectivity index is 1.34. The number of halogens is 3. The van der Waals surface area contributed by atoms with Crippen molar-refractivity contribution in [2.45, 2.75) is 82.0 Å². The molecule has 1 aromatic heterocycles. The first-order chi connectivity index (χ1) is 16.6. The van der Waals surface area contributed by atoms with E-state index < -0.39 is 17.5 Å². The van der Waals surface area contributed by atoms with E-state index in [0.29, 0.717) is 30.4 Å². The second-order valence-electron chi connectivity index (χ2n) is 11.0. The molecule has 6 nitrogen and oxygen atoms in total. The second kappa shape index (κ2) is 10.4. The Morgan fingerprint density at radius 3 is 2.69 bits per heavy atom. The van der Waals surface area contributed by atoms with Crippen molar-refractivity contribution in [1.29, 1.82) is 0 Å². The molecule has 2 heterocycles. The fraction of sp³-hybridized carbons (Fsp3) is 0.731. The zero-order chi connectivity index (χ0) is 25.2. The Morgan fingerprint density at radius 1 is 1.29 bits per heavy atom. The van der Waals surface area contributed by atoms with E-state index in [1.165, 1.54) is 12.4 Å². The van der Waals surface area contributed by atoms with Crippen LogP contribution in [0.5, 0.6) is 0 Å². The lowest BCUT2D eigenvalue weighted by Crippen LogP contribution is -2.49. The second-order valence-corrected chi connectivity index (χ2v) is 11.0. The summed E-state index contributed by atoms with van der Waals surface area (Å²) in [6.45, 7) is 0.409. The molecule has 0 spiro atoms. The molecule has 4 rings (SSSR count). The number of hydrogen-bond donors (Lipinski definition) is 2.